The van der Waals surface area contributed by atoms with Gasteiger partial charge in [0, 0.05) is 27.5 Å². The Hall–Kier alpha value is -7.69. The van der Waals surface area contributed by atoms with Crippen LogP contribution in [-0.2, 0) is 0 Å². The van der Waals surface area contributed by atoms with E-state index in [1.165, 1.54) is 4.57 Å². The predicted molar refractivity (Wildman–Crippen MR) is 236 cm³/mol. The first kappa shape index (κ1) is 25.4. The topological polar surface area (TPSA) is 43.6 Å². The molecule has 2 aromatic heterocycles. The molecule has 0 spiro atoms. The van der Waals surface area contributed by atoms with Crippen molar-refractivity contribution in [3.63, 3.8) is 0 Å². The summed E-state index contributed by atoms with van der Waals surface area (Å²) in [6.45, 7) is 0. The van der Waals surface area contributed by atoms with Gasteiger partial charge in [0.1, 0.15) is 0 Å². The second-order valence-electron chi connectivity index (χ2n) is 13.9. The maximum Gasteiger partial charge on any atom is 0.166 e. The number of fused-ring (bicyclic) bond motifs is 6. The normalized spacial score (nSPS) is 13.5. The summed E-state index contributed by atoms with van der Waals surface area (Å²) < 4.78 is 73.6. The summed E-state index contributed by atoms with van der Waals surface area (Å²) in [4.78, 5) is 15.2. The smallest absolute Gasteiger partial charge is 0.166 e. The minimum Gasteiger partial charge on any atom is -0.308 e. The van der Waals surface area contributed by atoms with Gasteiger partial charge in [-0.15, -0.1) is 0 Å². The lowest BCUT2D eigenvalue weighted by Crippen LogP contribution is -2.04. The van der Waals surface area contributed by atoms with Crippen LogP contribution in [0.15, 0.2) is 206 Å². The molecule has 0 saturated carbocycles. The molecule has 0 fully saturated rings. The third-order valence-corrected chi connectivity index (χ3v) is 10.5. The van der Waals surface area contributed by atoms with Gasteiger partial charge < -0.3 is 4.57 Å². The number of aromatic nitrogens is 4. The summed E-state index contributed by atoms with van der Waals surface area (Å²) in [5, 5.41) is 4.23. The first-order chi connectivity index (χ1) is 31.6. The highest BCUT2D eigenvalue weighted by atomic mass is 15.1. The lowest BCUT2D eigenvalue weighted by molar-refractivity contribution is 1.06. The Bertz CT molecular complexity index is 3670. The van der Waals surface area contributed by atoms with Crippen molar-refractivity contribution in [2.75, 3.05) is 0 Å². The zero-order valence-electron chi connectivity index (χ0n) is 38.3. The quantitative estimate of drug-likeness (QED) is 0.160. The Balaban J connectivity index is 1.24. The van der Waals surface area contributed by atoms with Gasteiger partial charge in [0.2, 0.25) is 0 Å². The Kier molecular flexibility index (Phi) is 6.04. The highest BCUT2D eigenvalue weighted by molar-refractivity contribution is 6.10. The van der Waals surface area contributed by atoms with Gasteiger partial charge in [-0.2, -0.15) is 0 Å². The van der Waals surface area contributed by atoms with Crippen molar-refractivity contribution in [1.29, 1.82) is 0 Å². The molecule has 11 aromatic rings. The van der Waals surface area contributed by atoms with E-state index in [-0.39, 0.29) is 27.6 Å². The summed E-state index contributed by atoms with van der Waals surface area (Å²) in [5.41, 5.74) is 5.90. The van der Waals surface area contributed by atoms with Crippen LogP contribution in [0.3, 0.4) is 0 Å². The summed E-state index contributed by atoms with van der Waals surface area (Å²) in [7, 11) is 0. The third kappa shape index (κ3) is 5.74. The predicted octanol–water partition coefficient (Wildman–Crippen LogP) is 13.6. The Morgan fingerprint density at radius 1 is 0.351 bits per heavy atom. The molecular weight excluding hydrogens is 693 g/mol. The lowest BCUT2D eigenvalue weighted by atomic mass is 9.96. The molecule has 0 aliphatic carbocycles. The fourth-order valence-corrected chi connectivity index (χ4v) is 7.71. The summed E-state index contributed by atoms with van der Waals surface area (Å²) in [6.07, 6.45) is 0. The minimum atomic E-state index is -0.515. The van der Waals surface area contributed by atoms with Crippen molar-refractivity contribution in [3.8, 4) is 62.1 Å². The van der Waals surface area contributed by atoms with E-state index in [9.17, 15) is 2.74 Å². The van der Waals surface area contributed by atoms with Crippen LogP contribution < -0.4 is 0 Å². The summed E-state index contributed by atoms with van der Waals surface area (Å²) in [5.74, 6) is 1.01. The fourth-order valence-electron chi connectivity index (χ4n) is 7.71. The maximum atomic E-state index is 9.36. The minimum absolute atomic E-state index is 0.00466. The monoisotopic (exact) mass is 734 g/mol. The van der Waals surface area contributed by atoms with E-state index in [1.54, 1.807) is 0 Å². The molecule has 57 heavy (non-hydrogen) atoms. The highest BCUT2D eigenvalue weighted by Crippen LogP contribution is 2.39. The van der Waals surface area contributed by atoms with Gasteiger partial charge in [0.05, 0.1) is 27.7 Å². The van der Waals surface area contributed by atoms with Crippen LogP contribution in [0.25, 0.3) is 105 Å². The first-order valence-electron chi connectivity index (χ1n) is 22.6. The van der Waals surface area contributed by atoms with Gasteiger partial charge in [-0.3, -0.25) is 0 Å². The molecule has 0 bridgehead atoms. The maximum absolute atomic E-state index is 9.36. The van der Waals surface area contributed by atoms with Gasteiger partial charge in [-0.25, -0.2) is 15.0 Å². The van der Waals surface area contributed by atoms with Gasteiger partial charge in [-0.05, 0) is 74.1 Å². The molecule has 0 aliphatic rings. The second-order valence-corrected chi connectivity index (χ2v) is 13.9. The van der Waals surface area contributed by atoms with Crippen molar-refractivity contribution in [2.24, 2.45) is 0 Å². The van der Waals surface area contributed by atoms with Crippen LogP contribution in [0, 0.1) is 0 Å². The van der Waals surface area contributed by atoms with Crippen LogP contribution in [0.5, 0.6) is 0 Å². The molecule has 2 heterocycles. The van der Waals surface area contributed by atoms with E-state index < -0.39 is 48.3 Å². The Morgan fingerprint density at radius 3 is 1.53 bits per heavy atom. The van der Waals surface area contributed by atoms with E-state index in [2.05, 4.69) is 36.4 Å². The molecule has 266 valence electrons. The van der Waals surface area contributed by atoms with Gasteiger partial charge >= 0.3 is 0 Å². The van der Waals surface area contributed by atoms with Crippen molar-refractivity contribution in [2.45, 2.75) is 0 Å². The Labute approximate surface area is 341 Å². The summed E-state index contributed by atoms with van der Waals surface area (Å²) in [6, 6.07) is 48.1. The molecule has 11 rings (SSSR count). The highest BCUT2D eigenvalue weighted by Gasteiger charge is 2.20. The van der Waals surface area contributed by atoms with Crippen molar-refractivity contribution >= 4 is 43.4 Å². The van der Waals surface area contributed by atoms with Gasteiger partial charge in [0.15, 0.2) is 17.5 Å². The van der Waals surface area contributed by atoms with Crippen molar-refractivity contribution in [3.05, 3.63) is 206 Å². The fraction of sp³-hybridized carbons (Fsp3) is 0. The molecule has 0 unspecified atom stereocenters. The van der Waals surface area contributed by atoms with Gasteiger partial charge in [-0.1, -0.05) is 176 Å². The second kappa shape index (κ2) is 13.6. The number of hydrogen-bond acceptors (Lipinski definition) is 3. The van der Waals surface area contributed by atoms with Crippen LogP contribution >= 0.6 is 0 Å². The van der Waals surface area contributed by atoms with Crippen molar-refractivity contribution in [1.82, 2.24) is 19.5 Å². The number of rotatable bonds is 6. The average molecular weight is 735 g/mol. The number of para-hydroxylation sites is 2. The van der Waals surface area contributed by atoms with Gasteiger partial charge in [0.25, 0.3) is 0 Å². The van der Waals surface area contributed by atoms with Crippen LogP contribution in [0.2, 0.25) is 0 Å². The number of nitrogens with zero attached hydrogens (tertiary/aromatic N) is 4. The SMILES string of the molecule is [2H]c1c([2H])c([2H])c2c(c1[2H])c1c([2H])c([2H])c([2H])c([2H])c1n2-c1cc(-c2ccc3ccc4ccccc4c3c2)ccc1-c1nc(-c2ccccc2)nc(-c2ccc(-c3ccccc3)cc2)n1. The zero-order valence-corrected chi connectivity index (χ0v) is 30.3. The zero-order chi connectivity index (χ0) is 44.7. The molecule has 0 atom stereocenters. The average Bonchev–Trinajstić information content (AvgIpc) is 3.73. The van der Waals surface area contributed by atoms with E-state index in [1.807, 2.05) is 121 Å². The molecule has 0 N–H and O–H groups in total. The number of hydrogen-bond donors (Lipinski definition) is 0. The van der Waals surface area contributed by atoms with E-state index in [0.717, 1.165) is 54.9 Å². The lowest BCUT2D eigenvalue weighted by Gasteiger charge is -2.17. The third-order valence-electron chi connectivity index (χ3n) is 10.5. The number of benzene rings is 9. The van der Waals surface area contributed by atoms with Crippen LogP contribution in [0.1, 0.15) is 11.0 Å². The molecule has 0 saturated heterocycles. The molecule has 4 nitrogen and oxygen atoms in total. The largest absolute Gasteiger partial charge is 0.308 e. The molecule has 0 amide bonds. The van der Waals surface area contributed by atoms with Crippen LogP contribution in [0.4, 0.5) is 0 Å². The Morgan fingerprint density at radius 2 is 0.825 bits per heavy atom. The van der Waals surface area contributed by atoms with E-state index in [0.29, 0.717) is 22.9 Å². The first-order valence-corrected chi connectivity index (χ1v) is 18.6. The molecule has 0 radical (unpaired) electrons. The van der Waals surface area contributed by atoms with E-state index in [4.69, 9.17) is 23.2 Å². The molecule has 9 aromatic carbocycles. The van der Waals surface area contributed by atoms with Crippen LogP contribution in [-0.4, -0.2) is 19.5 Å². The van der Waals surface area contributed by atoms with E-state index >= 15 is 0 Å². The molecular formula is C53H34N4. The molecule has 0 aliphatic heterocycles. The molecule has 4 heteroatoms. The summed E-state index contributed by atoms with van der Waals surface area (Å²) >= 11 is 0. The van der Waals surface area contributed by atoms with Crippen molar-refractivity contribution < 1.29 is 11.0 Å². The standard InChI is InChI=1S/C53H34N4/c1-3-13-35(14-4-1)36-23-28-40(29-24-36)52-54-51(39-16-5-2-6-17-39)55-53(56-52)46-32-31-42(41-30-27-38-26-25-37-15-7-8-18-43(37)47(38)33-41)34-50(46)57-48-21-11-9-19-44(48)45-20-10-12-22-49(45)57/h1-34H/i9D,10D,11D,12D,19D,20D,21D,22D.